The number of nitrogens with zero attached hydrogens (tertiary/aromatic N) is 1. The highest BCUT2D eigenvalue weighted by molar-refractivity contribution is 4.90. The molecule has 2 fully saturated rings. The van der Waals surface area contributed by atoms with Crippen LogP contribution >= 0.6 is 0 Å². The fraction of sp³-hybridized carbons (Fsp3) is 1.00. The molecule has 0 bridgehead atoms. The van der Waals surface area contributed by atoms with Gasteiger partial charge < -0.3 is 10.2 Å². The zero-order valence-electron chi connectivity index (χ0n) is 13.4. The van der Waals surface area contributed by atoms with Crippen LogP contribution in [0.2, 0.25) is 0 Å². The van der Waals surface area contributed by atoms with Crippen LogP contribution in [0.25, 0.3) is 0 Å². The number of nitrogens with one attached hydrogen (secondary N) is 1. The summed E-state index contributed by atoms with van der Waals surface area (Å²) in [6.07, 6.45) is 8.70. The van der Waals surface area contributed by atoms with Crippen LogP contribution in [0, 0.1) is 17.3 Å². The summed E-state index contributed by atoms with van der Waals surface area (Å²) in [7, 11) is 0. The molecule has 0 aromatic carbocycles. The molecule has 2 heteroatoms. The third kappa shape index (κ3) is 4.75. The quantitative estimate of drug-likeness (QED) is 0.723. The van der Waals surface area contributed by atoms with Gasteiger partial charge in [-0.15, -0.1) is 0 Å². The van der Waals surface area contributed by atoms with Crippen LogP contribution in [0.1, 0.15) is 59.3 Å². The van der Waals surface area contributed by atoms with Gasteiger partial charge in [0.15, 0.2) is 0 Å². The Hall–Kier alpha value is -0.0800. The van der Waals surface area contributed by atoms with Crippen molar-refractivity contribution in [2.24, 2.45) is 17.3 Å². The summed E-state index contributed by atoms with van der Waals surface area (Å²) in [6.45, 7) is 13.3. The topological polar surface area (TPSA) is 15.3 Å². The van der Waals surface area contributed by atoms with Gasteiger partial charge in [0.1, 0.15) is 0 Å². The van der Waals surface area contributed by atoms with Gasteiger partial charge >= 0.3 is 0 Å². The van der Waals surface area contributed by atoms with Crippen LogP contribution < -0.4 is 5.32 Å². The third-order valence-electron chi connectivity index (χ3n) is 5.30. The average molecular weight is 266 g/mol. The lowest BCUT2D eigenvalue weighted by molar-refractivity contribution is 0.0870. The van der Waals surface area contributed by atoms with Gasteiger partial charge in [-0.1, -0.05) is 33.6 Å². The molecule has 19 heavy (non-hydrogen) atoms. The van der Waals surface area contributed by atoms with E-state index in [9.17, 15) is 0 Å². The first kappa shape index (κ1) is 15.3. The SMILES string of the molecule is CCNCC1(CN(CC)CC2CC2)CCC(C)CC1. The predicted molar refractivity (Wildman–Crippen MR) is 83.4 cm³/mol. The largest absolute Gasteiger partial charge is 0.316 e. The standard InChI is InChI=1S/C17H34N2/c1-4-18-13-17(10-8-15(3)9-11-17)14-19(5-2)12-16-6-7-16/h15-16,18H,4-14H2,1-3H3. The molecule has 2 saturated carbocycles. The van der Waals surface area contributed by atoms with Crippen LogP contribution in [0.4, 0.5) is 0 Å². The lowest BCUT2D eigenvalue weighted by atomic mass is 9.70. The Morgan fingerprint density at radius 1 is 1.11 bits per heavy atom. The molecule has 0 saturated heterocycles. The normalized spacial score (nSPS) is 31.9. The second-order valence-electron chi connectivity index (χ2n) is 7.23. The first-order chi connectivity index (χ1) is 9.17. The Labute approximate surface area is 120 Å². The summed E-state index contributed by atoms with van der Waals surface area (Å²) in [6, 6.07) is 0. The molecule has 0 unspecified atom stereocenters. The fourth-order valence-corrected chi connectivity index (χ4v) is 3.60. The van der Waals surface area contributed by atoms with E-state index in [2.05, 4.69) is 31.0 Å². The number of hydrogen-bond acceptors (Lipinski definition) is 2. The summed E-state index contributed by atoms with van der Waals surface area (Å²) >= 11 is 0. The Balaban J connectivity index is 1.90. The summed E-state index contributed by atoms with van der Waals surface area (Å²) < 4.78 is 0. The molecule has 0 aromatic heterocycles. The van der Waals surface area contributed by atoms with E-state index in [1.54, 1.807) is 0 Å². The fourth-order valence-electron chi connectivity index (χ4n) is 3.60. The average Bonchev–Trinajstić information content (AvgIpc) is 3.23. The monoisotopic (exact) mass is 266 g/mol. The van der Waals surface area contributed by atoms with Crippen molar-refractivity contribution in [2.75, 3.05) is 32.7 Å². The molecule has 0 atom stereocenters. The Kier molecular flexibility index (Phi) is 5.70. The highest BCUT2D eigenvalue weighted by Crippen LogP contribution is 2.40. The van der Waals surface area contributed by atoms with Crippen molar-refractivity contribution in [1.29, 1.82) is 0 Å². The maximum absolute atomic E-state index is 3.65. The minimum absolute atomic E-state index is 0.563. The maximum atomic E-state index is 3.65. The van der Waals surface area contributed by atoms with Crippen LogP contribution in [0.15, 0.2) is 0 Å². The predicted octanol–water partition coefficient (Wildman–Crippen LogP) is 3.52. The molecular weight excluding hydrogens is 232 g/mol. The molecule has 0 amide bonds. The Morgan fingerprint density at radius 3 is 2.32 bits per heavy atom. The van der Waals surface area contributed by atoms with Gasteiger partial charge in [0.25, 0.3) is 0 Å². The molecule has 0 aliphatic heterocycles. The Morgan fingerprint density at radius 2 is 1.79 bits per heavy atom. The molecular formula is C17H34N2. The van der Waals surface area contributed by atoms with Crippen molar-refractivity contribution < 1.29 is 0 Å². The van der Waals surface area contributed by atoms with Gasteiger partial charge in [-0.25, -0.2) is 0 Å². The first-order valence-corrected chi connectivity index (χ1v) is 8.60. The highest BCUT2D eigenvalue weighted by Gasteiger charge is 2.36. The van der Waals surface area contributed by atoms with Crippen molar-refractivity contribution in [3.63, 3.8) is 0 Å². The highest BCUT2D eigenvalue weighted by atomic mass is 15.1. The summed E-state index contributed by atoms with van der Waals surface area (Å²) in [5.74, 6) is 1.98. The van der Waals surface area contributed by atoms with E-state index in [1.165, 1.54) is 64.7 Å². The molecule has 2 aliphatic carbocycles. The van der Waals surface area contributed by atoms with E-state index in [0.717, 1.165) is 18.4 Å². The van der Waals surface area contributed by atoms with Crippen molar-refractivity contribution in [1.82, 2.24) is 10.2 Å². The minimum Gasteiger partial charge on any atom is -0.316 e. The van der Waals surface area contributed by atoms with E-state index in [1.807, 2.05) is 0 Å². The zero-order chi connectivity index (χ0) is 13.7. The second kappa shape index (κ2) is 7.08. The molecule has 0 heterocycles. The lowest BCUT2D eigenvalue weighted by Crippen LogP contribution is -2.46. The summed E-state index contributed by atoms with van der Waals surface area (Å²) in [4.78, 5) is 2.74. The number of hydrogen-bond donors (Lipinski definition) is 1. The minimum atomic E-state index is 0.563. The van der Waals surface area contributed by atoms with Gasteiger partial charge in [0.2, 0.25) is 0 Å². The summed E-state index contributed by atoms with van der Waals surface area (Å²) in [5.41, 5.74) is 0.563. The van der Waals surface area contributed by atoms with Crippen LogP contribution in [-0.2, 0) is 0 Å². The van der Waals surface area contributed by atoms with Gasteiger partial charge in [0, 0.05) is 19.6 Å². The van der Waals surface area contributed by atoms with E-state index < -0.39 is 0 Å². The first-order valence-electron chi connectivity index (χ1n) is 8.60. The third-order valence-corrected chi connectivity index (χ3v) is 5.30. The van der Waals surface area contributed by atoms with Crippen molar-refractivity contribution in [2.45, 2.75) is 59.3 Å². The number of rotatable bonds is 8. The molecule has 0 radical (unpaired) electrons. The van der Waals surface area contributed by atoms with Crippen molar-refractivity contribution in [3.05, 3.63) is 0 Å². The van der Waals surface area contributed by atoms with Gasteiger partial charge in [-0.2, -0.15) is 0 Å². The van der Waals surface area contributed by atoms with Crippen molar-refractivity contribution in [3.8, 4) is 0 Å². The van der Waals surface area contributed by atoms with E-state index >= 15 is 0 Å². The van der Waals surface area contributed by atoms with Crippen LogP contribution in [-0.4, -0.2) is 37.6 Å². The molecule has 0 aromatic rings. The van der Waals surface area contributed by atoms with Gasteiger partial charge in [-0.3, -0.25) is 0 Å². The molecule has 2 nitrogen and oxygen atoms in total. The van der Waals surface area contributed by atoms with E-state index in [0.29, 0.717) is 5.41 Å². The lowest BCUT2D eigenvalue weighted by Gasteiger charge is -2.43. The second-order valence-corrected chi connectivity index (χ2v) is 7.23. The summed E-state index contributed by atoms with van der Waals surface area (Å²) in [5, 5.41) is 3.65. The smallest absolute Gasteiger partial charge is 0.00501 e. The van der Waals surface area contributed by atoms with E-state index in [4.69, 9.17) is 0 Å². The van der Waals surface area contributed by atoms with Gasteiger partial charge in [0.05, 0.1) is 0 Å². The molecule has 112 valence electrons. The Bertz CT molecular complexity index is 246. The molecule has 2 rings (SSSR count). The van der Waals surface area contributed by atoms with E-state index in [-0.39, 0.29) is 0 Å². The molecule has 1 N–H and O–H groups in total. The molecule has 0 spiro atoms. The zero-order valence-corrected chi connectivity index (χ0v) is 13.4. The molecule has 2 aliphatic rings. The maximum Gasteiger partial charge on any atom is 0.00501 e. The van der Waals surface area contributed by atoms with Crippen LogP contribution in [0.3, 0.4) is 0 Å². The van der Waals surface area contributed by atoms with Crippen molar-refractivity contribution >= 4 is 0 Å². The van der Waals surface area contributed by atoms with Gasteiger partial charge in [-0.05, 0) is 56.0 Å². The van der Waals surface area contributed by atoms with Crippen LogP contribution in [0.5, 0.6) is 0 Å².